The minimum atomic E-state index is -5.07. The molecule has 0 aliphatic carbocycles. The van der Waals surface area contributed by atoms with E-state index < -0.39 is 51.7 Å². The second kappa shape index (κ2) is 10.3. The number of alkyl halides is 6. The summed E-state index contributed by atoms with van der Waals surface area (Å²) in [5, 5.41) is 2.34. The first-order valence-corrected chi connectivity index (χ1v) is 11.6. The van der Waals surface area contributed by atoms with E-state index in [2.05, 4.69) is 4.72 Å². The second-order valence-corrected chi connectivity index (χ2v) is 9.33. The Bertz CT molecular complexity index is 1310. The third-order valence-electron chi connectivity index (χ3n) is 4.47. The normalized spacial score (nSPS) is 12.2. The van der Waals surface area contributed by atoms with Crippen LogP contribution in [-0.2, 0) is 27.2 Å². The Morgan fingerprint density at radius 1 is 0.806 bits per heavy atom. The summed E-state index contributed by atoms with van der Waals surface area (Å²) in [6, 6.07) is 11.3. The topological polar surface area (TPSA) is 84.5 Å². The van der Waals surface area contributed by atoms with E-state index in [0.29, 0.717) is 17.2 Å². The number of hydrogen-bond acceptors (Lipinski definition) is 4. The van der Waals surface area contributed by atoms with Gasteiger partial charge in [0.15, 0.2) is 6.61 Å². The van der Waals surface area contributed by atoms with Gasteiger partial charge in [0, 0.05) is 16.4 Å². The van der Waals surface area contributed by atoms with Crippen LogP contribution in [-0.4, -0.2) is 20.9 Å². The van der Waals surface area contributed by atoms with Gasteiger partial charge in [0.05, 0.1) is 16.0 Å². The van der Waals surface area contributed by atoms with Gasteiger partial charge in [0.2, 0.25) is 0 Å². The van der Waals surface area contributed by atoms with Crippen molar-refractivity contribution in [2.45, 2.75) is 17.2 Å². The number of halogens is 7. The standard InChI is InChI=1S/C22H15ClF6N2O4S/c23-15-1-3-16(4-2-15)31-36(33,34)19-7-5-18(6-8-19)35-12-20(32)30-17-10-13(21(24,25)26)9-14(11-17)22(27,28)29/h1-11,31H,12H2,(H,30,32). The molecule has 0 aromatic heterocycles. The summed E-state index contributed by atoms with van der Waals surface area (Å²) in [5.74, 6) is -1.01. The average molecular weight is 553 g/mol. The van der Waals surface area contributed by atoms with Crippen LogP contribution in [0.25, 0.3) is 0 Å². The number of nitrogens with one attached hydrogen (secondary N) is 2. The number of hydrogen-bond donors (Lipinski definition) is 2. The molecule has 14 heteroatoms. The molecule has 0 bridgehead atoms. The van der Waals surface area contributed by atoms with Crippen molar-refractivity contribution >= 4 is 38.9 Å². The molecule has 36 heavy (non-hydrogen) atoms. The predicted molar refractivity (Wildman–Crippen MR) is 119 cm³/mol. The molecule has 0 saturated heterocycles. The zero-order valence-electron chi connectivity index (χ0n) is 17.7. The van der Waals surface area contributed by atoms with Crippen LogP contribution >= 0.6 is 11.6 Å². The summed E-state index contributed by atoms with van der Waals surface area (Å²) >= 11 is 5.75. The molecule has 3 aromatic carbocycles. The van der Waals surface area contributed by atoms with Crippen molar-refractivity contribution in [1.29, 1.82) is 0 Å². The molecule has 0 aliphatic rings. The first-order valence-electron chi connectivity index (χ1n) is 9.74. The highest BCUT2D eigenvalue weighted by atomic mass is 35.5. The van der Waals surface area contributed by atoms with Crippen LogP contribution in [0.15, 0.2) is 71.6 Å². The number of carbonyl (C=O) groups excluding carboxylic acids is 1. The predicted octanol–water partition coefficient (Wildman–Crippen LogP) is 6.20. The lowest BCUT2D eigenvalue weighted by Crippen LogP contribution is -2.21. The van der Waals surface area contributed by atoms with Gasteiger partial charge in [-0.2, -0.15) is 26.3 Å². The molecule has 1 amide bonds. The zero-order valence-corrected chi connectivity index (χ0v) is 19.3. The first-order chi connectivity index (χ1) is 16.6. The van der Waals surface area contributed by atoms with Gasteiger partial charge >= 0.3 is 12.4 Å². The Morgan fingerprint density at radius 2 is 1.33 bits per heavy atom. The Balaban J connectivity index is 1.65. The summed E-state index contributed by atoms with van der Waals surface area (Å²) in [5.41, 5.74) is -3.63. The molecule has 3 aromatic rings. The van der Waals surface area contributed by atoms with Crippen molar-refractivity contribution in [3.05, 3.63) is 82.9 Å². The summed E-state index contributed by atoms with van der Waals surface area (Å²) < 4.78 is 110. The molecule has 0 saturated carbocycles. The first kappa shape index (κ1) is 27.1. The Hall–Kier alpha value is -3.45. The number of anilines is 2. The molecule has 3 rings (SSSR count). The molecule has 6 nitrogen and oxygen atoms in total. The van der Waals surface area contributed by atoms with E-state index in [1.54, 1.807) is 0 Å². The number of rotatable bonds is 7. The van der Waals surface area contributed by atoms with Gasteiger partial charge in [-0.05, 0) is 66.7 Å². The molecule has 0 aliphatic heterocycles. The van der Waals surface area contributed by atoms with Crippen LogP contribution in [0.1, 0.15) is 11.1 Å². The molecule has 2 N–H and O–H groups in total. The minimum Gasteiger partial charge on any atom is -0.484 e. The molecular weight excluding hydrogens is 538 g/mol. The Labute approximate surface area is 205 Å². The summed E-state index contributed by atoms with van der Waals surface area (Å²) in [6.45, 7) is -0.771. The molecule has 0 atom stereocenters. The maximum atomic E-state index is 12.9. The highest BCUT2D eigenvalue weighted by Gasteiger charge is 2.37. The molecule has 0 fully saturated rings. The number of sulfonamides is 1. The van der Waals surface area contributed by atoms with Gasteiger partial charge in [-0.15, -0.1) is 0 Å². The van der Waals surface area contributed by atoms with E-state index in [9.17, 15) is 39.6 Å². The molecule has 0 radical (unpaired) electrons. The SMILES string of the molecule is O=C(COc1ccc(S(=O)(=O)Nc2ccc(Cl)cc2)cc1)Nc1cc(C(F)(F)F)cc(C(F)(F)F)c1. The highest BCUT2D eigenvalue weighted by Crippen LogP contribution is 2.37. The van der Waals surface area contributed by atoms with Gasteiger partial charge in [0.1, 0.15) is 5.75 Å². The Kier molecular flexibility index (Phi) is 7.74. The zero-order chi connectivity index (χ0) is 26.7. The number of benzene rings is 3. The summed E-state index contributed by atoms with van der Waals surface area (Å²) in [6.07, 6.45) is -10.1. The van der Waals surface area contributed by atoms with Gasteiger partial charge in [-0.1, -0.05) is 11.6 Å². The van der Waals surface area contributed by atoms with Crippen molar-refractivity contribution in [2.75, 3.05) is 16.6 Å². The van der Waals surface area contributed by atoms with Crippen LogP contribution in [0.3, 0.4) is 0 Å². The van der Waals surface area contributed by atoms with Gasteiger partial charge in [0.25, 0.3) is 15.9 Å². The number of carbonyl (C=O) groups is 1. The molecule has 192 valence electrons. The highest BCUT2D eigenvalue weighted by molar-refractivity contribution is 7.92. The van der Waals surface area contributed by atoms with E-state index in [-0.39, 0.29) is 22.4 Å². The smallest absolute Gasteiger partial charge is 0.416 e. The van der Waals surface area contributed by atoms with Crippen LogP contribution in [0.5, 0.6) is 5.75 Å². The monoisotopic (exact) mass is 552 g/mol. The van der Waals surface area contributed by atoms with E-state index >= 15 is 0 Å². The average Bonchev–Trinajstić information content (AvgIpc) is 2.78. The molecule has 0 unspecified atom stereocenters. The van der Waals surface area contributed by atoms with Crippen molar-refractivity contribution in [3.8, 4) is 5.75 Å². The van der Waals surface area contributed by atoms with Crippen LogP contribution in [0, 0.1) is 0 Å². The third kappa shape index (κ3) is 7.28. The quantitative estimate of drug-likeness (QED) is 0.342. The lowest BCUT2D eigenvalue weighted by molar-refractivity contribution is -0.143. The van der Waals surface area contributed by atoms with Crippen LogP contribution < -0.4 is 14.8 Å². The third-order valence-corrected chi connectivity index (χ3v) is 6.12. The van der Waals surface area contributed by atoms with Crippen molar-refractivity contribution in [2.24, 2.45) is 0 Å². The van der Waals surface area contributed by atoms with E-state index in [0.717, 1.165) is 0 Å². The number of ether oxygens (including phenoxy) is 1. The molecule has 0 heterocycles. The van der Waals surface area contributed by atoms with Crippen molar-refractivity contribution in [1.82, 2.24) is 0 Å². The van der Waals surface area contributed by atoms with E-state index in [1.807, 2.05) is 5.32 Å². The van der Waals surface area contributed by atoms with Crippen LogP contribution in [0.4, 0.5) is 37.7 Å². The van der Waals surface area contributed by atoms with Gasteiger partial charge in [-0.25, -0.2) is 8.42 Å². The fourth-order valence-corrected chi connectivity index (χ4v) is 4.00. The molecular formula is C22H15ClF6N2O4S. The summed E-state index contributed by atoms with van der Waals surface area (Å²) in [7, 11) is -3.96. The fraction of sp³-hybridized carbons (Fsp3) is 0.136. The minimum absolute atomic E-state index is 0.0237. The maximum absolute atomic E-state index is 12.9. The Morgan fingerprint density at radius 3 is 1.83 bits per heavy atom. The van der Waals surface area contributed by atoms with Gasteiger partial charge in [-0.3, -0.25) is 9.52 Å². The van der Waals surface area contributed by atoms with Gasteiger partial charge < -0.3 is 10.1 Å². The summed E-state index contributed by atoms with van der Waals surface area (Å²) in [4.78, 5) is 11.9. The number of amides is 1. The molecule has 0 spiro atoms. The van der Waals surface area contributed by atoms with Crippen molar-refractivity contribution < 1.29 is 44.3 Å². The fourth-order valence-electron chi connectivity index (χ4n) is 2.82. The van der Waals surface area contributed by atoms with E-state index in [1.165, 1.54) is 48.5 Å². The second-order valence-electron chi connectivity index (χ2n) is 7.22. The maximum Gasteiger partial charge on any atom is 0.416 e. The largest absolute Gasteiger partial charge is 0.484 e. The lowest BCUT2D eigenvalue weighted by Gasteiger charge is -2.15. The van der Waals surface area contributed by atoms with Crippen LogP contribution in [0.2, 0.25) is 5.02 Å². The van der Waals surface area contributed by atoms with Crippen molar-refractivity contribution in [3.63, 3.8) is 0 Å². The van der Waals surface area contributed by atoms with E-state index in [4.69, 9.17) is 16.3 Å². The lowest BCUT2D eigenvalue weighted by atomic mass is 10.1.